The van der Waals surface area contributed by atoms with E-state index >= 15 is 0 Å². The van der Waals surface area contributed by atoms with Gasteiger partial charge in [0.25, 0.3) is 10.0 Å². The summed E-state index contributed by atoms with van der Waals surface area (Å²) < 4.78 is 65.8. The van der Waals surface area contributed by atoms with Crippen LogP contribution >= 0.6 is 0 Å². The fraction of sp³-hybridized carbons (Fsp3) is 0.182. The van der Waals surface area contributed by atoms with Gasteiger partial charge in [-0.3, -0.25) is 9.40 Å². The monoisotopic (exact) mass is 305 g/mol. The van der Waals surface area contributed by atoms with Crippen molar-refractivity contribution in [3.8, 4) is 0 Å². The van der Waals surface area contributed by atoms with Gasteiger partial charge in [-0.15, -0.1) is 0 Å². The number of nitrogens with one attached hydrogen (secondary N) is 1. The van der Waals surface area contributed by atoms with Gasteiger partial charge < -0.3 is 0 Å². The van der Waals surface area contributed by atoms with E-state index < -0.39 is 26.7 Å². The van der Waals surface area contributed by atoms with Crippen LogP contribution in [0, 0.1) is 0 Å². The average molecular weight is 305 g/mol. The number of aryl methyl sites for hydroxylation is 1. The lowest BCUT2D eigenvalue weighted by Gasteiger charge is -2.13. The minimum atomic E-state index is -4.75. The fourth-order valence-electron chi connectivity index (χ4n) is 1.60. The molecule has 0 aliphatic heterocycles. The Morgan fingerprint density at radius 1 is 1.20 bits per heavy atom. The van der Waals surface area contributed by atoms with Crippen molar-refractivity contribution in [1.82, 2.24) is 9.78 Å². The predicted octanol–water partition coefficient (Wildman–Crippen LogP) is 2.24. The molecule has 2 aromatic rings. The SMILES string of the molecule is Cn1ccc(NS(=O)(=O)c2ccccc2C(F)(F)F)n1. The highest BCUT2D eigenvalue weighted by atomic mass is 32.2. The van der Waals surface area contributed by atoms with Crippen LogP contribution in [0.4, 0.5) is 19.0 Å². The Morgan fingerprint density at radius 3 is 2.40 bits per heavy atom. The number of nitrogens with zero attached hydrogens (tertiary/aromatic N) is 2. The Balaban J connectivity index is 2.45. The predicted molar refractivity (Wildman–Crippen MR) is 65.5 cm³/mol. The van der Waals surface area contributed by atoms with Crippen LogP contribution in [0.1, 0.15) is 5.56 Å². The third-order valence-corrected chi connectivity index (χ3v) is 3.85. The van der Waals surface area contributed by atoms with Crippen molar-refractivity contribution in [3.05, 3.63) is 42.1 Å². The molecule has 0 amide bonds. The highest BCUT2D eigenvalue weighted by molar-refractivity contribution is 7.92. The van der Waals surface area contributed by atoms with E-state index in [0.29, 0.717) is 6.07 Å². The number of alkyl halides is 3. The minimum absolute atomic E-state index is 0.0514. The first-order chi connectivity index (χ1) is 9.20. The molecule has 0 bridgehead atoms. The van der Waals surface area contributed by atoms with E-state index in [0.717, 1.165) is 12.1 Å². The van der Waals surface area contributed by atoms with E-state index in [-0.39, 0.29) is 5.82 Å². The molecule has 20 heavy (non-hydrogen) atoms. The molecule has 0 spiro atoms. The molecule has 1 aromatic heterocycles. The number of hydrogen-bond acceptors (Lipinski definition) is 3. The van der Waals surface area contributed by atoms with Crippen molar-refractivity contribution in [1.29, 1.82) is 0 Å². The molecule has 0 fully saturated rings. The van der Waals surface area contributed by atoms with Crippen molar-refractivity contribution < 1.29 is 21.6 Å². The summed E-state index contributed by atoms with van der Waals surface area (Å²) in [5.74, 6) is -0.0514. The maximum atomic E-state index is 12.8. The summed E-state index contributed by atoms with van der Waals surface area (Å²) in [6.07, 6.45) is -3.29. The van der Waals surface area contributed by atoms with Gasteiger partial charge in [0.05, 0.1) is 10.5 Å². The maximum absolute atomic E-state index is 12.8. The highest BCUT2D eigenvalue weighted by Gasteiger charge is 2.37. The van der Waals surface area contributed by atoms with Gasteiger partial charge >= 0.3 is 6.18 Å². The maximum Gasteiger partial charge on any atom is 0.417 e. The van der Waals surface area contributed by atoms with Crippen LogP contribution < -0.4 is 4.72 Å². The van der Waals surface area contributed by atoms with E-state index in [2.05, 4.69) is 5.10 Å². The Hall–Kier alpha value is -2.03. The molecule has 1 N–H and O–H groups in total. The standard InChI is InChI=1S/C11H10F3N3O2S/c1-17-7-6-10(15-17)16-20(18,19)9-5-3-2-4-8(9)11(12,13)14/h2-7H,1H3,(H,15,16). The van der Waals surface area contributed by atoms with E-state index in [4.69, 9.17) is 0 Å². The second-order valence-corrected chi connectivity index (χ2v) is 5.62. The van der Waals surface area contributed by atoms with Crippen molar-refractivity contribution in [2.75, 3.05) is 4.72 Å². The molecule has 0 atom stereocenters. The molecule has 5 nitrogen and oxygen atoms in total. The Kier molecular flexibility index (Phi) is 3.46. The zero-order valence-corrected chi connectivity index (χ0v) is 11.0. The lowest BCUT2D eigenvalue weighted by Crippen LogP contribution is -2.19. The molecule has 0 aliphatic carbocycles. The first-order valence-electron chi connectivity index (χ1n) is 5.39. The molecular weight excluding hydrogens is 295 g/mol. The highest BCUT2D eigenvalue weighted by Crippen LogP contribution is 2.34. The Morgan fingerprint density at radius 2 is 1.85 bits per heavy atom. The molecule has 9 heteroatoms. The molecule has 1 aromatic carbocycles. The van der Waals surface area contributed by atoms with Crippen molar-refractivity contribution in [2.24, 2.45) is 7.05 Å². The second kappa shape index (κ2) is 4.82. The van der Waals surface area contributed by atoms with Gasteiger partial charge in [0.15, 0.2) is 5.82 Å². The Bertz CT molecular complexity index is 723. The van der Waals surface area contributed by atoms with Gasteiger partial charge in [-0.1, -0.05) is 12.1 Å². The zero-order chi connectivity index (χ0) is 15.0. The molecule has 2 rings (SSSR count). The van der Waals surface area contributed by atoms with Crippen LogP contribution in [0.15, 0.2) is 41.4 Å². The van der Waals surface area contributed by atoms with Crippen LogP contribution in [0.3, 0.4) is 0 Å². The van der Waals surface area contributed by atoms with E-state index in [1.54, 1.807) is 7.05 Å². The van der Waals surface area contributed by atoms with Crippen LogP contribution in [0.25, 0.3) is 0 Å². The summed E-state index contributed by atoms with van der Waals surface area (Å²) in [4.78, 5) is -0.835. The van der Waals surface area contributed by atoms with E-state index in [1.807, 2.05) is 4.72 Å². The molecular formula is C11H10F3N3O2S. The molecule has 0 aliphatic rings. The second-order valence-electron chi connectivity index (χ2n) is 3.97. The number of aromatic nitrogens is 2. The summed E-state index contributed by atoms with van der Waals surface area (Å²) in [5, 5.41) is 3.76. The summed E-state index contributed by atoms with van der Waals surface area (Å²) >= 11 is 0. The number of anilines is 1. The average Bonchev–Trinajstić information content (AvgIpc) is 2.73. The van der Waals surface area contributed by atoms with Crippen LogP contribution in [-0.4, -0.2) is 18.2 Å². The van der Waals surface area contributed by atoms with Gasteiger partial charge in [-0.05, 0) is 12.1 Å². The van der Waals surface area contributed by atoms with Gasteiger partial charge in [0, 0.05) is 19.3 Å². The fourth-order valence-corrected chi connectivity index (χ4v) is 2.82. The number of sulfonamides is 1. The van der Waals surface area contributed by atoms with Gasteiger partial charge in [-0.25, -0.2) is 8.42 Å². The topological polar surface area (TPSA) is 64.0 Å². The van der Waals surface area contributed by atoms with Crippen molar-refractivity contribution in [2.45, 2.75) is 11.1 Å². The zero-order valence-electron chi connectivity index (χ0n) is 10.2. The third kappa shape index (κ3) is 2.93. The Labute approximate surface area is 113 Å². The molecule has 0 radical (unpaired) electrons. The number of rotatable bonds is 3. The number of halogens is 3. The summed E-state index contributed by atoms with van der Waals surface area (Å²) in [7, 11) is -2.80. The van der Waals surface area contributed by atoms with Crippen LogP contribution in [0.5, 0.6) is 0 Å². The minimum Gasteiger partial charge on any atom is -0.274 e. The number of hydrogen-bond donors (Lipinski definition) is 1. The van der Waals surface area contributed by atoms with Gasteiger partial charge in [-0.2, -0.15) is 18.3 Å². The summed E-state index contributed by atoms with van der Waals surface area (Å²) in [5.41, 5.74) is -1.22. The van der Waals surface area contributed by atoms with E-state index in [1.165, 1.54) is 23.0 Å². The third-order valence-electron chi connectivity index (χ3n) is 2.43. The molecule has 0 saturated heterocycles. The van der Waals surface area contributed by atoms with Crippen molar-refractivity contribution in [3.63, 3.8) is 0 Å². The van der Waals surface area contributed by atoms with Crippen molar-refractivity contribution >= 4 is 15.8 Å². The molecule has 1 heterocycles. The first kappa shape index (κ1) is 14.4. The van der Waals surface area contributed by atoms with Crippen LogP contribution in [0.2, 0.25) is 0 Å². The first-order valence-corrected chi connectivity index (χ1v) is 6.87. The smallest absolute Gasteiger partial charge is 0.274 e. The number of benzene rings is 1. The molecule has 0 unspecified atom stereocenters. The van der Waals surface area contributed by atoms with Gasteiger partial charge in [0.1, 0.15) is 0 Å². The summed E-state index contributed by atoms with van der Waals surface area (Å²) in [6.45, 7) is 0. The van der Waals surface area contributed by atoms with Gasteiger partial charge in [0.2, 0.25) is 0 Å². The lowest BCUT2D eigenvalue weighted by atomic mass is 10.2. The molecule has 0 saturated carbocycles. The lowest BCUT2D eigenvalue weighted by molar-refractivity contribution is -0.139. The largest absolute Gasteiger partial charge is 0.417 e. The molecule has 108 valence electrons. The quantitative estimate of drug-likeness (QED) is 0.946. The summed E-state index contributed by atoms with van der Waals surface area (Å²) in [6, 6.07) is 5.31. The normalized spacial score (nSPS) is 12.4. The van der Waals surface area contributed by atoms with E-state index in [9.17, 15) is 21.6 Å². The van der Waals surface area contributed by atoms with Crippen LogP contribution in [-0.2, 0) is 23.2 Å².